The number of primary amides is 1. The molecule has 0 aromatic rings. The molecule has 0 radical (unpaired) electrons. The third kappa shape index (κ3) is 9.74. The maximum atomic E-state index is 9.92. The van der Waals surface area contributed by atoms with Crippen molar-refractivity contribution in [2.45, 2.75) is 13.8 Å². The number of amides is 1. The van der Waals surface area contributed by atoms with E-state index in [2.05, 4.69) is 0 Å². The number of carbonyl (C=O) groups excluding carboxylic acids is 1. The molecule has 0 spiro atoms. The van der Waals surface area contributed by atoms with Gasteiger partial charge >= 0.3 is 18.9 Å². The summed E-state index contributed by atoms with van der Waals surface area (Å²) >= 11 is 0. The maximum Gasteiger partial charge on any atom is 1.00 e. The van der Waals surface area contributed by atoms with Crippen molar-refractivity contribution in [3.8, 4) is 0 Å². The first-order valence-corrected chi connectivity index (χ1v) is 1.94. The van der Waals surface area contributed by atoms with Gasteiger partial charge in [0.2, 0.25) is 5.91 Å². The molecule has 0 unspecified atom stereocenters. The molecule has 4 heteroatoms. The average Bonchev–Trinajstić information content (AvgIpc) is 1.36. The molecule has 8 heavy (non-hydrogen) atoms. The van der Waals surface area contributed by atoms with Crippen LogP contribution in [0.5, 0.6) is 0 Å². The van der Waals surface area contributed by atoms with Crippen LogP contribution in [0.2, 0.25) is 0 Å². The predicted octanol–water partition coefficient (Wildman–Crippen LogP) is -5.86. The van der Waals surface area contributed by atoms with E-state index in [0.717, 1.165) is 0 Å². The second-order valence-electron chi connectivity index (χ2n) is 1.56. The summed E-state index contributed by atoms with van der Waals surface area (Å²) in [6, 6.07) is 0. The quantitative estimate of drug-likeness (QED) is 0.395. The van der Waals surface area contributed by atoms with Crippen LogP contribution < -0.4 is 41.6 Å². The fraction of sp³-hybridized carbons (Fsp3) is 0.750. The molecular weight excluding hydrogens is 165 g/mol. The van der Waals surface area contributed by atoms with Gasteiger partial charge in [-0.05, 0) is 0 Å². The number of nitrogens with two attached hydrogens (primary N) is 1. The molecule has 2 N–H and O–H groups in total. The largest absolute Gasteiger partial charge is 1.00 e. The van der Waals surface area contributed by atoms with Gasteiger partial charge in [-0.1, -0.05) is 13.8 Å². The second kappa shape index (κ2) is 7.55. The number of hydrogen-bond acceptors (Lipinski definition) is 1. The molecule has 0 heterocycles. The van der Waals surface area contributed by atoms with Crippen LogP contribution in [0.25, 0.3) is 0 Å². The SMILES string of the molecule is CC(C)C(N)=O.[Br-].[Li+]. The third-order valence-electron chi connectivity index (χ3n) is 0.569. The molecule has 0 aliphatic heterocycles. The summed E-state index contributed by atoms with van der Waals surface area (Å²) in [6.45, 7) is 3.53. The van der Waals surface area contributed by atoms with E-state index in [9.17, 15) is 4.79 Å². The third-order valence-corrected chi connectivity index (χ3v) is 0.569. The van der Waals surface area contributed by atoms with Gasteiger partial charge < -0.3 is 22.7 Å². The van der Waals surface area contributed by atoms with E-state index in [1.807, 2.05) is 0 Å². The number of rotatable bonds is 1. The van der Waals surface area contributed by atoms with Crippen molar-refractivity contribution in [1.29, 1.82) is 0 Å². The smallest absolute Gasteiger partial charge is 1.00 e. The summed E-state index contributed by atoms with van der Waals surface area (Å²) in [5, 5.41) is 0. The molecule has 0 aliphatic carbocycles. The van der Waals surface area contributed by atoms with E-state index in [4.69, 9.17) is 5.73 Å². The van der Waals surface area contributed by atoms with Gasteiger partial charge in [0.15, 0.2) is 0 Å². The molecule has 0 rings (SSSR count). The maximum absolute atomic E-state index is 9.92. The molecule has 0 aromatic heterocycles. The fourth-order valence-electron chi connectivity index (χ4n) is 0. The van der Waals surface area contributed by atoms with Gasteiger partial charge in [-0.15, -0.1) is 0 Å². The Morgan fingerprint density at radius 2 is 1.62 bits per heavy atom. The Hall–Kier alpha value is 0.547. The minimum Gasteiger partial charge on any atom is -1.00 e. The molecule has 0 saturated heterocycles. The average molecular weight is 174 g/mol. The van der Waals surface area contributed by atoms with Crippen LogP contribution in [-0.2, 0) is 4.79 Å². The van der Waals surface area contributed by atoms with Gasteiger partial charge in [0.1, 0.15) is 0 Å². The number of halogens is 1. The zero-order valence-corrected chi connectivity index (χ0v) is 7.03. The van der Waals surface area contributed by atoms with Crippen LogP contribution in [0.15, 0.2) is 0 Å². The van der Waals surface area contributed by atoms with E-state index in [1.54, 1.807) is 13.8 Å². The van der Waals surface area contributed by atoms with E-state index in [1.165, 1.54) is 0 Å². The van der Waals surface area contributed by atoms with E-state index >= 15 is 0 Å². The van der Waals surface area contributed by atoms with Crippen molar-refractivity contribution in [1.82, 2.24) is 0 Å². The summed E-state index contributed by atoms with van der Waals surface area (Å²) in [7, 11) is 0. The Morgan fingerprint density at radius 3 is 1.62 bits per heavy atom. The molecule has 0 aliphatic rings. The van der Waals surface area contributed by atoms with Gasteiger partial charge in [-0.3, -0.25) is 4.79 Å². The summed E-state index contributed by atoms with van der Waals surface area (Å²) in [6.07, 6.45) is 0. The predicted molar refractivity (Wildman–Crippen MR) is 24.0 cm³/mol. The molecule has 0 bridgehead atoms. The van der Waals surface area contributed by atoms with Crippen molar-refractivity contribution in [2.24, 2.45) is 11.7 Å². The molecular formula is C4H9BrLiNO. The molecule has 0 fully saturated rings. The van der Waals surface area contributed by atoms with Crippen LogP contribution in [0.1, 0.15) is 13.8 Å². The van der Waals surface area contributed by atoms with E-state index < -0.39 is 0 Å². The first-order valence-electron chi connectivity index (χ1n) is 1.94. The van der Waals surface area contributed by atoms with Gasteiger partial charge in [0.25, 0.3) is 0 Å². The summed E-state index contributed by atoms with van der Waals surface area (Å²) in [5.74, 6) is -0.250. The van der Waals surface area contributed by atoms with Crippen molar-refractivity contribution in [3.63, 3.8) is 0 Å². The zero-order valence-electron chi connectivity index (χ0n) is 5.44. The van der Waals surface area contributed by atoms with E-state index in [0.29, 0.717) is 0 Å². The molecule has 2 nitrogen and oxygen atoms in total. The van der Waals surface area contributed by atoms with Crippen molar-refractivity contribution in [2.75, 3.05) is 0 Å². The monoisotopic (exact) mass is 173 g/mol. The Morgan fingerprint density at radius 1 is 1.50 bits per heavy atom. The molecule has 1 amide bonds. The van der Waals surface area contributed by atoms with Gasteiger partial charge in [0.05, 0.1) is 0 Å². The summed E-state index contributed by atoms with van der Waals surface area (Å²) < 4.78 is 0. The topological polar surface area (TPSA) is 43.1 Å². The van der Waals surface area contributed by atoms with Crippen LogP contribution in [0.4, 0.5) is 0 Å². The van der Waals surface area contributed by atoms with Gasteiger partial charge in [-0.2, -0.15) is 0 Å². The van der Waals surface area contributed by atoms with Crippen LogP contribution in [0, 0.1) is 5.92 Å². The number of carbonyl (C=O) groups is 1. The minimum absolute atomic E-state index is 0. The van der Waals surface area contributed by atoms with Crippen molar-refractivity contribution >= 4 is 5.91 Å². The Balaban J connectivity index is -0.000000125. The minimum atomic E-state index is -0.241. The van der Waals surface area contributed by atoms with Crippen LogP contribution >= 0.6 is 0 Å². The Bertz CT molecular complexity index is 67.1. The Labute approximate surface area is 72.1 Å². The fourth-order valence-corrected chi connectivity index (χ4v) is 0. The van der Waals surface area contributed by atoms with Gasteiger partial charge in [0, 0.05) is 5.92 Å². The summed E-state index contributed by atoms with van der Waals surface area (Å²) in [4.78, 5) is 9.92. The first-order chi connectivity index (χ1) is 2.64. The van der Waals surface area contributed by atoms with E-state index in [-0.39, 0.29) is 47.7 Å². The molecule has 0 atom stereocenters. The van der Waals surface area contributed by atoms with Crippen molar-refractivity contribution in [3.05, 3.63) is 0 Å². The van der Waals surface area contributed by atoms with Gasteiger partial charge in [-0.25, -0.2) is 0 Å². The molecule has 0 aromatic carbocycles. The standard InChI is InChI=1S/C4H9NO.BrH.Li/c1-3(2)4(5)6;;/h3H,1-2H3,(H2,5,6);1H;/q;;+1/p-1. The van der Waals surface area contributed by atoms with Crippen LogP contribution in [0.3, 0.4) is 0 Å². The number of hydrogen-bond donors (Lipinski definition) is 1. The zero-order chi connectivity index (χ0) is 5.15. The van der Waals surface area contributed by atoms with Crippen molar-refractivity contribution < 1.29 is 40.6 Å². The second-order valence-corrected chi connectivity index (χ2v) is 1.56. The Kier molecular flexibility index (Phi) is 14.9. The summed E-state index contributed by atoms with van der Waals surface area (Å²) in [5.41, 5.74) is 4.80. The molecule has 0 saturated carbocycles. The normalized spacial score (nSPS) is 6.88. The van der Waals surface area contributed by atoms with Crippen LogP contribution in [-0.4, -0.2) is 5.91 Å². The molecule has 44 valence electrons. The first kappa shape index (κ1) is 15.8.